The molecule has 0 radical (unpaired) electrons. The summed E-state index contributed by atoms with van der Waals surface area (Å²) in [7, 11) is -15.0. The Bertz CT molecular complexity index is 337. The molecule has 2 N–H and O–H groups in total. The molecule has 0 aliphatic rings. The minimum Gasteiger partial charge on any atom is -0.759 e. The van der Waals surface area contributed by atoms with Gasteiger partial charge in [0, 0.05) is 20.8 Å². The van der Waals surface area contributed by atoms with Crippen molar-refractivity contribution in [3.8, 4) is 0 Å². The fourth-order valence-electron chi connectivity index (χ4n) is 0. The van der Waals surface area contributed by atoms with Crippen molar-refractivity contribution >= 4 is 58.5 Å². The average molecular weight is 497 g/mol. The first-order chi connectivity index (χ1) is 6.00. The SMILES string of the molecule is O=S(=O)(O)O.O=S(=O)([O-])[O-].O=S(=O)([O-])[O-].[Pb+4]. The minimum atomic E-state index is -5.17. The van der Waals surface area contributed by atoms with E-state index in [9.17, 15) is 0 Å². The summed E-state index contributed by atoms with van der Waals surface area (Å²) in [6, 6.07) is 0. The van der Waals surface area contributed by atoms with Crippen molar-refractivity contribution in [3.05, 3.63) is 0 Å². The Morgan fingerprint density at radius 3 is 0.625 bits per heavy atom. The van der Waals surface area contributed by atoms with Gasteiger partial charge in [0.1, 0.15) is 0 Å². The number of hydrogen-bond donors (Lipinski definition) is 2. The molecular weight excluding hydrogens is 495 g/mol. The average Bonchev–Trinajstić information content (AvgIpc) is 1.41. The third-order valence-electron chi connectivity index (χ3n) is 0. The third-order valence-corrected chi connectivity index (χ3v) is 0. The van der Waals surface area contributed by atoms with Crippen LogP contribution in [0.4, 0.5) is 0 Å². The summed E-state index contributed by atoms with van der Waals surface area (Å²) in [5.74, 6) is 0. The van der Waals surface area contributed by atoms with Crippen LogP contribution < -0.4 is 0 Å². The van der Waals surface area contributed by atoms with E-state index in [1.165, 1.54) is 0 Å². The van der Waals surface area contributed by atoms with Crippen LogP contribution >= 0.6 is 0 Å². The van der Waals surface area contributed by atoms with Gasteiger partial charge in [-0.2, -0.15) is 8.42 Å². The van der Waals surface area contributed by atoms with Crippen LogP contribution in [0.15, 0.2) is 0 Å². The first-order valence-electron chi connectivity index (χ1n) is 2.03. The molecule has 0 bridgehead atoms. The Balaban J connectivity index is -0.0000000655. The summed E-state index contributed by atoms with van der Waals surface area (Å²) >= 11 is 0. The molecule has 96 valence electrons. The Morgan fingerprint density at radius 2 is 0.625 bits per heavy atom. The fraction of sp³-hybridized carbons (Fsp3) is 0. The molecule has 0 atom stereocenters. The Hall–Kier alpha value is 0.532. The molecule has 16 heteroatoms. The molecule has 16 heavy (non-hydrogen) atoms. The van der Waals surface area contributed by atoms with Crippen LogP contribution in [0.3, 0.4) is 0 Å². The molecule has 12 nitrogen and oxygen atoms in total. The van der Waals surface area contributed by atoms with E-state index in [-0.39, 0.29) is 27.3 Å². The molecule has 0 rings (SSSR count). The van der Waals surface area contributed by atoms with Gasteiger partial charge in [-0.1, -0.05) is 0 Å². The van der Waals surface area contributed by atoms with Crippen molar-refractivity contribution in [3.63, 3.8) is 0 Å². The van der Waals surface area contributed by atoms with Gasteiger partial charge in [0.25, 0.3) is 0 Å². The van der Waals surface area contributed by atoms with E-state index in [4.69, 9.17) is 52.6 Å². The summed E-state index contributed by atoms with van der Waals surface area (Å²) in [4.78, 5) is 0. The third kappa shape index (κ3) is 9400. The maximum absolute atomic E-state index is 8.74. The molecule has 0 fully saturated rings. The molecule has 0 spiro atoms. The van der Waals surface area contributed by atoms with Gasteiger partial charge in [-0.15, -0.1) is 0 Å². The standard InChI is InChI=1S/3H2O4S.Pb/c3*1-5(2,3)4;/h3*(H2,1,2,3,4);/q;;;+4/p-4. The van der Waals surface area contributed by atoms with Gasteiger partial charge in [0.15, 0.2) is 0 Å². The second-order valence-electron chi connectivity index (χ2n) is 1.26. The van der Waals surface area contributed by atoms with Crippen LogP contribution in [-0.4, -0.2) is 79.9 Å². The second kappa shape index (κ2) is 9.55. The topological polar surface area (TPSA) is 235 Å². The van der Waals surface area contributed by atoms with Crippen LogP contribution in [0.1, 0.15) is 0 Å². The fourth-order valence-corrected chi connectivity index (χ4v) is 0. The van der Waals surface area contributed by atoms with E-state index in [2.05, 4.69) is 0 Å². The van der Waals surface area contributed by atoms with Crippen LogP contribution in [0.2, 0.25) is 0 Å². The van der Waals surface area contributed by atoms with Crippen LogP contribution in [0.25, 0.3) is 0 Å². The van der Waals surface area contributed by atoms with Crippen molar-refractivity contribution in [1.29, 1.82) is 0 Å². The van der Waals surface area contributed by atoms with Gasteiger partial charge in [-0.25, -0.2) is 0 Å². The monoisotopic (exact) mass is 498 g/mol. The van der Waals surface area contributed by atoms with Crippen molar-refractivity contribution in [2.75, 3.05) is 0 Å². The smallest absolute Gasteiger partial charge is 0.759 e. The van der Waals surface area contributed by atoms with E-state index in [0.717, 1.165) is 0 Å². The van der Waals surface area contributed by atoms with Gasteiger partial charge < -0.3 is 18.2 Å². The summed E-state index contributed by atoms with van der Waals surface area (Å²) in [6.45, 7) is 0. The number of rotatable bonds is 0. The first-order valence-corrected chi connectivity index (χ1v) is 6.10. The normalized spacial score (nSPS) is 10.9. The second-order valence-corrected chi connectivity index (χ2v) is 3.79. The molecule has 0 saturated carbocycles. The minimum absolute atomic E-state index is 0. The van der Waals surface area contributed by atoms with E-state index in [0.29, 0.717) is 0 Å². The largest absolute Gasteiger partial charge is 4.00 e. The molecule has 0 amide bonds. The summed E-state index contributed by atoms with van der Waals surface area (Å²) < 4.78 is 99.7. The van der Waals surface area contributed by atoms with Crippen LogP contribution in [0.5, 0.6) is 0 Å². The van der Waals surface area contributed by atoms with Crippen molar-refractivity contribution in [1.82, 2.24) is 0 Å². The maximum atomic E-state index is 8.74. The molecule has 0 aromatic rings. The van der Waals surface area contributed by atoms with Gasteiger partial charge in [-0.05, 0) is 0 Å². The molecule has 0 saturated heterocycles. The van der Waals surface area contributed by atoms with Crippen molar-refractivity contribution in [2.45, 2.75) is 0 Å². The van der Waals surface area contributed by atoms with Crippen LogP contribution in [0, 0.1) is 0 Å². The summed E-state index contributed by atoms with van der Waals surface area (Å²) in [5.41, 5.74) is 0. The molecule has 0 heterocycles. The summed E-state index contributed by atoms with van der Waals surface area (Å²) in [6.07, 6.45) is 0. The molecule has 0 aromatic heterocycles. The van der Waals surface area contributed by atoms with E-state index >= 15 is 0 Å². The Kier molecular flexibility index (Phi) is 15.2. The molecule has 0 aliphatic carbocycles. The summed E-state index contributed by atoms with van der Waals surface area (Å²) in [5, 5.41) is 0. The van der Waals surface area contributed by atoms with Gasteiger partial charge in [0.2, 0.25) is 0 Å². The maximum Gasteiger partial charge on any atom is 4.00 e. The molecule has 0 aliphatic heterocycles. The zero-order valence-corrected chi connectivity index (χ0v) is 13.0. The molecule has 0 unspecified atom stereocenters. The van der Waals surface area contributed by atoms with E-state index in [1.54, 1.807) is 0 Å². The zero-order valence-electron chi connectivity index (χ0n) is 6.70. The number of hydrogen-bond acceptors (Lipinski definition) is 10. The van der Waals surface area contributed by atoms with Gasteiger partial charge in [0.05, 0.1) is 0 Å². The van der Waals surface area contributed by atoms with E-state index in [1.807, 2.05) is 0 Å². The Morgan fingerprint density at radius 1 is 0.625 bits per heavy atom. The quantitative estimate of drug-likeness (QED) is 0.187. The predicted molar refractivity (Wildman–Crippen MR) is 40.9 cm³/mol. The first kappa shape index (κ1) is 25.4. The molecular formula is H2O12PbS3. The van der Waals surface area contributed by atoms with Gasteiger partial charge in [-0.3, -0.25) is 25.9 Å². The van der Waals surface area contributed by atoms with Gasteiger partial charge >= 0.3 is 37.7 Å². The predicted octanol–water partition coefficient (Wildman–Crippen LogP) is -3.71. The zero-order chi connectivity index (χ0) is 13.5. The van der Waals surface area contributed by atoms with Crippen LogP contribution in [-0.2, 0) is 31.2 Å². The molecule has 0 aromatic carbocycles. The Labute approximate surface area is 111 Å². The van der Waals surface area contributed by atoms with Crippen molar-refractivity contribution < 1.29 is 52.6 Å². The van der Waals surface area contributed by atoms with Crippen molar-refractivity contribution in [2.24, 2.45) is 0 Å². The van der Waals surface area contributed by atoms with E-state index < -0.39 is 31.2 Å².